The summed E-state index contributed by atoms with van der Waals surface area (Å²) in [6.45, 7) is 7.81. The Bertz CT molecular complexity index is 3960. The molecule has 0 radical (unpaired) electrons. The first-order valence-electron chi connectivity index (χ1n) is 29.6. The number of hydrogen-bond acceptors (Lipinski definition) is 16. The number of anilines is 4. The maximum Gasteiger partial charge on any atom is 0.308 e. The third-order valence-corrected chi connectivity index (χ3v) is 14.1. The molecule has 0 spiro atoms. The molecule has 1 fully saturated rings. The third kappa shape index (κ3) is 18.0. The Morgan fingerprint density at radius 2 is 1.00 bits per heavy atom. The molecule has 4 aromatic heterocycles. The maximum absolute atomic E-state index is 12.3. The monoisotopic (exact) mass is 1220 g/mol. The van der Waals surface area contributed by atoms with Crippen LogP contribution in [0.15, 0.2) is 219 Å². The normalized spacial score (nSPS) is 14.8. The van der Waals surface area contributed by atoms with E-state index >= 15 is 0 Å². The van der Waals surface area contributed by atoms with Crippen molar-refractivity contribution >= 4 is 47.4 Å². The average molecular weight is 1220 g/mol. The van der Waals surface area contributed by atoms with Crippen molar-refractivity contribution in [1.82, 2.24) is 39.5 Å². The molecule has 1 saturated heterocycles. The van der Waals surface area contributed by atoms with E-state index in [9.17, 15) is 19.8 Å². The zero-order valence-electron chi connectivity index (χ0n) is 49.9. The fourth-order valence-electron chi connectivity index (χ4n) is 10.3. The second-order valence-electron chi connectivity index (χ2n) is 21.2. The molecular formula is C73H78N10O8. The summed E-state index contributed by atoms with van der Waals surface area (Å²) in [6.07, 6.45) is 8.68. The van der Waals surface area contributed by atoms with Crippen molar-refractivity contribution in [3.05, 3.63) is 230 Å². The molecule has 5 heterocycles. The Kier molecular flexibility index (Phi) is 23.7. The summed E-state index contributed by atoms with van der Waals surface area (Å²) in [5.41, 5.74) is 10.2. The maximum atomic E-state index is 12.3. The number of nitrogens with one attached hydrogen (secondary N) is 2. The number of benzene rings is 6. The molecule has 0 bridgehead atoms. The highest BCUT2D eigenvalue weighted by Gasteiger charge is 2.36. The molecule has 4 N–H and O–H groups in total. The zero-order chi connectivity index (χ0) is 62.0. The number of carbonyl (C=O) groups excluding carboxylic acids is 2. The number of aliphatic hydroxyl groups is 2. The summed E-state index contributed by atoms with van der Waals surface area (Å²) in [7, 11) is 0. The molecule has 11 rings (SSSR count). The molecule has 0 saturated carbocycles. The summed E-state index contributed by atoms with van der Waals surface area (Å²) in [6, 6.07) is 62.9. The first kappa shape index (κ1) is 66.7. The molecule has 1 aliphatic heterocycles. The number of hydrogen-bond donors (Lipinski definition) is 4. The quantitative estimate of drug-likeness (QED) is 0.0463. The van der Waals surface area contributed by atoms with Crippen molar-refractivity contribution in [2.45, 2.75) is 98.4 Å². The standard InChI is InChI=1S/C37H37N5O4.C34H33N5O4.2CH4/c1-4-44-33(43)25-30-24-29(45-37(2,3)46-30)20-21-31-34(26-14-8-5-9-15-26)41-42(35(31)27-16-10-6-11-17-27)32-22-23-38-36(40-32)39-28-18-12-7-13-19-28;1-2-43-31(42)23-28(41)22-27(40)18-19-29-32(24-12-6-3-7-13-24)38-39(33(29)25-14-8-4-9-15-25)30-20-21-35-34(37-30)36-26-16-10-5-11-17-26;;/h5-23,29-30H,4,24-25H2,1-3H3,(H,38,39,40);3-21,27-28,40-41H,2,22-23H2,1H3,(H,35,36,37);2*1H4/b21-20+;19-18+;;/t29-,30-;27-,28-;;/m11../s1. The molecule has 0 aliphatic carbocycles. The minimum Gasteiger partial charge on any atom is -0.466 e. The van der Waals surface area contributed by atoms with Gasteiger partial charge in [0.25, 0.3) is 0 Å². The van der Waals surface area contributed by atoms with Crippen LogP contribution in [0, 0.1) is 0 Å². The van der Waals surface area contributed by atoms with E-state index in [-0.39, 0.29) is 58.9 Å². The lowest BCUT2D eigenvalue weighted by atomic mass is 9.99. The van der Waals surface area contributed by atoms with Gasteiger partial charge in [0.05, 0.1) is 61.9 Å². The molecule has 10 aromatic rings. The molecule has 91 heavy (non-hydrogen) atoms. The number of aromatic nitrogens is 8. The summed E-state index contributed by atoms with van der Waals surface area (Å²) >= 11 is 0. The average Bonchev–Trinajstić information content (AvgIpc) is 1.64. The molecule has 468 valence electrons. The Labute approximate surface area is 532 Å². The number of esters is 2. The van der Waals surface area contributed by atoms with Crippen molar-refractivity contribution in [1.29, 1.82) is 0 Å². The minimum atomic E-state index is -1.04. The van der Waals surface area contributed by atoms with Gasteiger partial charge in [-0.15, -0.1) is 0 Å². The van der Waals surface area contributed by atoms with E-state index in [0.717, 1.165) is 61.8 Å². The lowest BCUT2D eigenvalue weighted by Crippen LogP contribution is -2.44. The SMILES string of the molecule is C.C.CCOC(=O)C[C@H](O)C[C@H](O)/C=C/c1c(-c2ccccc2)nn(-c2ccnc(Nc3ccccc3)n2)c1-c1ccccc1.CCOC(=O)C[C@H]1C[C@@H](/C=C/c2c(-c3ccccc3)nn(-c3ccnc(Nc4ccccc4)n3)c2-c2ccccc2)OC(C)(C)O1. The Morgan fingerprint density at radius 1 is 0.582 bits per heavy atom. The second kappa shape index (κ2) is 32.3. The summed E-state index contributed by atoms with van der Waals surface area (Å²) < 4.78 is 26.1. The largest absolute Gasteiger partial charge is 0.466 e. The van der Waals surface area contributed by atoms with E-state index in [1.54, 1.807) is 49.1 Å². The number of ether oxygens (including phenoxy) is 4. The van der Waals surface area contributed by atoms with Crippen LogP contribution in [0.1, 0.15) is 79.4 Å². The van der Waals surface area contributed by atoms with E-state index < -0.39 is 24.0 Å². The van der Waals surface area contributed by atoms with Gasteiger partial charge in [-0.1, -0.05) is 197 Å². The zero-order valence-corrected chi connectivity index (χ0v) is 49.9. The highest BCUT2D eigenvalue weighted by atomic mass is 16.7. The van der Waals surface area contributed by atoms with Gasteiger partial charge in [-0.2, -0.15) is 20.2 Å². The van der Waals surface area contributed by atoms with Gasteiger partial charge in [0.2, 0.25) is 11.9 Å². The topological polar surface area (TPSA) is 223 Å². The number of rotatable bonds is 22. The number of para-hydroxylation sites is 2. The highest BCUT2D eigenvalue weighted by Crippen LogP contribution is 2.38. The van der Waals surface area contributed by atoms with Gasteiger partial charge in [-0.05, 0) is 52.0 Å². The van der Waals surface area contributed by atoms with Crippen LogP contribution in [0.3, 0.4) is 0 Å². The number of aliphatic hydroxyl groups excluding tert-OH is 2. The number of carbonyl (C=O) groups is 2. The van der Waals surface area contributed by atoms with Gasteiger partial charge >= 0.3 is 11.9 Å². The van der Waals surface area contributed by atoms with Gasteiger partial charge in [0.15, 0.2) is 17.4 Å². The molecule has 18 nitrogen and oxygen atoms in total. The predicted octanol–water partition coefficient (Wildman–Crippen LogP) is 14.7. The Hall–Kier alpha value is -10.2. The molecule has 0 amide bonds. The van der Waals surface area contributed by atoms with E-state index in [1.165, 1.54) is 0 Å². The van der Waals surface area contributed by atoms with E-state index in [2.05, 4.69) is 38.8 Å². The summed E-state index contributed by atoms with van der Waals surface area (Å²) in [4.78, 5) is 42.6. The second-order valence-corrected chi connectivity index (χ2v) is 21.2. The Balaban J connectivity index is 0.000000230. The molecule has 4 atom stereocenters. The molecule has 0 unspecified atom stereocenters. The van der Waals surface area contributed by atoms with E-state index in [4.69, 9.17) is 39.1 Å². The minimum absolute atomic E-state index is 0. The third-order valence-electron chi connectivity index (χ3n) is 14.1. The smallest absolute Gasteiger partial charge is 0.308 e. The molecule has 1 aliphatic rings. The van der Waals surface area contributed by atoms with Gasteiger partial charge in [-0.25, -0.2) is 19.3 Å². The van der Waals surface area contributed by atoms with Crippen LogP contribution in [0.4, 0.5) is 23.3 Å². The van der Waals surface area contributed by atoms with Crippen LogP contribution >= 0.6 is 0 Å². The fraction of sp³-hybridized carbons (Fsp3) is 0.233. The first-order valence-corrected chi connectivity index (χ1v) is 29.6. The Morgan fingerprint density at radius 3 is 1.45 bits per heavy atom. The van der Waals surface area contributed by atoms with Crippen molar-refractivity contribution < 1.29 is 38.7 Å². The highest BCUT2D eigenvalue weighted by molar-refractivity contribution is 5.86. The summed E-state index contributed by atoms with van der Waals surface area (Å²) in [5.74, 6) is 0.387. The van der Waals surface area contributed by atoms with E-state index in [1.807, 2.05) is 201 Å². The van der Waals surface area contributed by atoms with Crippen molar-refractivity contribution in [2.75, 3.05) is 23.8 Å². The van der Waals surface area contributed by atoms with Crippen LogP contribution in [0.2, 0.25) is 0 Å². The van der Waals surface area contributed by atoms with Crippen LogP contribution in [0.25, 0.3) is 68.8 Å². The van der Waals surface area contributed by atoms with Gasteiger partial charge in [0.1, 0.15) is 11.4 Å². The van der Waals surface area contributed by atoms with Crippen LogP contribution < -0.4 is 10.6 Å². The van der Waals surface area contributed by atoms with Crippen LogP contribution in [-0.2, 0) is 28.5 Å². The first-order chi connectivity index (χ1) is 43.4. The lowest BCUT2D eigenvalue weighted by molar-refractivity contribution is -0.290. The number of nitrogens with zero attached hydrogens (tertiary/aromatic N) is 8. The van der Waals surface area contributed by atoms with Crippen LogP contribution in [0.5, 0.6) is 0 Å². The van der Waals surface area contributed by atoms with Crippen molar-refractivity contribution in [3.8, 4) is 56.7 Å². The lowest BCUT2D eigenvalue weighted by Gasteiger charge is -2.39. The molecule has 18 heteroatoms. The van der Waals surface area contributed by atoms with Crippen LogP contribution in [-0.4, -0.2) is 105 Å². The van der Waals surface area contributed by atoms with Gasteiger partial charge in [0, 0.05) is 82.1 Å². The van der Waals surface area contributed by atoms with Crippen molar-refractivity contribution in [3.63, 3.8) is 0 Å². The summed E-state index contributed by atoms with van der Waals surface area (Å²) in [5, 5.41) is 37.8. The fourth-order valence-corrected chi connectivity index (χ4v) is 10.3. The predicted molar refractivity (Wildman–Crippen MR) is 359 cm³/mol. The molecular weight excluding hydrogens is 1140 g/mol. The van der Waals surface area contributed by atoms with E-state index in [0.29, 0.717) is 42.3 Å². The van der Waals surface area contributed by atoms with Crippen molar-refractivity contribution in [2.24, 2.45) is 0 Å². The van der Waals surface area contributed by atoms with Gasteiger partial charge in [-0.3, -0.25) is 9.59 Å². The van der Waals surface area contributed by atoms with Gasteiger partial charge < -0.3 is 39.8 Å². The molecule has 6 aromatic carbocycles.